The van der Waals surface area contributed by atoms with Crippen molar-refractivity contribution in [2.45, 2.75) is 67.5 Å². The highest BCUT2D eigenvalue weighted by Crippen LogP contribution is 2.38. The number of aromatic nitrogens is 2. The molecule has 47 heavy (non-hydrogen) atoms. The minimum absolute atomic E-state index is 0.0183. The summed E-state index contributed by atoms with van der Waals surface area (Å²) in [4.78, 5) is 51.5. The molecule has 2 atom stereocenters. The van der Waals surface area contributed by atoms with Crippen LogP contribution in [0.5, 0.6) is 0 Å². The molecule has 1 aliphatic heterocycles. The maximum atomic E-state index is 15.1. The minimum atomic E-state index is -4.04. The monoisotopic (exact) mass is 688 g/mol. The molecule has 1 N–H and O–H groups in total. The van der Waals surface area contributed by atoms with E-state index in [0.717, 1.165) is 34.3 Å². The number of anilines is 2. The van der Waals surface area contributed by atoms with Gasteiger partial charge in [0.15, 0.2) is 9.84 Å². The minimum Gasteiger partial charge on any atom is -0.351 e. The number of nitrogens with one attached hydrogen (secondary N) is 1. The zero-order valence-corrected chi connectivity index (χ0v) is 26.4. The van der Waals surface area contributed by atoms with Gasteiger partial charge in [0.05, 0.1) is 4.90 Å². The molecule has 1 saturated carbocycles. The normalized spacial score (nSPS) is 18.8. The van der Waals surface area contributed by atoms with Crippen molar-refractivity contribution in [3.05, 3.63) is 76.8 Å². The van der Waals surface area contributed by atoms with E-state index in [-0.39, 0.29) is 53.6 Å². The van der Waals surface area contributed by atoms with Crippen LogP contribution in [0.3, 0.4) is 0 Å². The van der Waals surface area contributed by atoms with Gasteiger partial charge in [-0.3, -0.25) is 24.2 Å². The molecule has 0 radical (unpaired) electrons. The molecule has 0 bridgehead atoms. The predicted molar refractivity (Wildman–Crippen MR) is 164 cm³/mol. The van der Waals surface area contributed by atoms with Crippen LogP contribution in [-0.4, -0.2) is 60.4 Å². The van der Waals surface area contributed by atoms with Gasteiger partial charge in [0.1, 0.15) is 29.7 Å². The molecule has 0 spiro atoms. The molecule has 2 heterocycles. The van der Waals surface area contributed by atoms with Gasteiger partial charge in [-0.2, -0.15) is 5.26 Å². The number of hydrogen-bond acceptors (Lipinski definition) is 8. The van der Waals surface area contributed by atoms with E-state index in [0.29, 0.717) is 0 Å². The topological polar surface area (TPSA) is 153 Å². The lowest BCUT2D eigenvalue weighted by Crippen LogP contribution is -2.53. The third-order valence-electron chi connectivity index (χ3n) is 8.04. The summed E-state index contributed by atoms with van der Waals surface area (Å²) >= 11 is 6.55. The van der Waals surface area contributed by atoms with Gasteiger partial charge >= 0.3 is 0 Å². The Morgan fingerprint density at radius 2 is 1.85 bits per heavy atom. The number of nitrogens with zero attached hydrogens (tertiary/aromatic N) is 5. The lowest BCUT2D eigenvalue weighted by Gasteiger charge is -2.37. The molecule has 1 saturated heterocycles. The van der Waals surface area contributed by atoms with Crippen molar-refractivity contribution in [3.63, 3.8) is 0 Å². The van der Waals surface area contributed by atoms with Crippen LogP contribution in [0.2, 0.25) is 5.02 Å². The van der Waals surface area contributed by atoms with Crippen molar-refractivity contribution >= 4 is 50.8 Å². The zero-order valence-electron chi connectivity index (χ0n) is 24.9. The number of carbonyl (C=O) groups is 3. The van der Waals surface area contributed by atoms with Gasteiger partial charge < -0.3 is 5.32 Å². The number of rotatable bonds is 8. The van der Waals surface area contributed by atoms with Gasteiger partial charge in [-0.05, 0) is 49.6 Å². The highest BCUT2D eigenvalue weighted by Gasteiger charge is 2.46. The molecular weight excluding hydrogens is 661 g/mol. The SMILES string of the molecule is CS(=O)(=O)c1cc(F)cc(N(C(=O)C2CCC(=O)N2c2nccc(C#N)n2)[C@H](C(=O)NC2CCC(F)(F)CC2)c2ccccc2Cl)c1. The number of hydrogen-bond donors (Lipinski definition) is 1. The van der Waals surface area contributed by atoms with E-state index in [2.05, 4.69) is 15.3 Å². The van der Waals surface area contributed by atoms with Crippen molar-refractivity contribution in [3.8, 4) is 6.07 Å². The summed E-state index contributed by atoms with van der Waals surface area (Å²) in [6.45, 7) is 0. The Hall–Kier alpha value is -4.55. The van der Waals surface area contributed by atoms with Crippen LogP contribution >= 0.6 is 11.6 Å². The molecule has 1 unspecified atom stereocenters. The van der Waals surface area contributed by atoms with Crippen LogP contribution in [0.25, 0.3) is 0 Å². The van der Waals surface area contributed by atoms with Crippen molar-refractivity contribution in [2.75, 3.05) is 16.1 Å². The maximum absolute atomic E-state index is 15.1. The largest absolute Gasteiger partial charge is 0.351 e. The van der Waals surface area contributed by atoms with E-state index in [1.54, 1.807) is 6.07 Å². The van der Waals surface area contributed by atoms with Crippen LogP contribution in [-0.2, 0) is 24.2 Å². The Morgan fingerprint density at radius 3 is 2.51 bits per heavy atom. The summed E-state index contributed by atoms with van der Waals surface area (Å²) in [5, 5.41) is 12.1. The molecule has 1 aliphatic carbocycles. The molecule has 16 heteroatoms. The fraction of sp³-hybridized carbons (Fsp3) is 0.355. The van der Waals surface area contributed by atoms with Gasteiger partial charge in [0.25, 0.3) is 5.91 Å². The zero-order chi connectivity index (χ0) is 34.1. The van der Waals surface area contributed by atoms with Crippen molar-refractivity contribution in [2.24, 2.45) is 0 Å². The number of halogens is 4. The second kappa shape index (κ2) is 13.3. The quantitative estimate of drug-likeness (QED) is 0.363. The van der Waals surface area contributed by atoms with Crippen LogP contribution in [0.4, 0.5) is 24.8 Å². The molecule has 3 amide bonds. The molecule has 2 aliphatic rings. The lowest BCUT2D eigenvalue weighted by atomic mass is 9.91. The van der Waals surface area contributed by atoms with Gasteiger partial charge in [0, 0.05) is 54.0 Å². The third-order valence-corrected chi connectivity index (χ3v) is 9.48. The Bertz CT molecular complexity index is 1880. The van der Waals surface area contributed by atoms with E-state index in [1.807, 2.05) is 6.07 Å². The Morgan fingerprint density at radius 1 is 1.15 bits per heavy atom. The third kappa shape index (κ3) is 7.39. The van der Waals surface area contributed by atoms with E-state index >= 15 is 4.39 Å². The highest BCUT2D eigenvalue weighted by atomic mass is 35.5. The Kier molecular flexibility index (Phi) is 9.55. The second-order valence-electron chi connectivity index (χ2n) is 11.4. The van der Waals surface area contributed by atoms with E-state index < -0.39 is 75.2 Å². The number of carbonyl (C=O) groups excluding carboxylic acids is 3. The molecule has 3 aromatic rings. The van der Waals surface area contributed by atoms with Gasteiger partial charge in [-0.1, -0.05) is 29.8 Å². The predicted octanol–water partition coefficient (Wildman–Crippen LogP) is 4.51. The molecule has 5 rings (SSSR count). The average Bonchev–Trinajstić information content (AvgIpc) is 3.41. The van der Waals surface area contributed by atoms with Crippen LogP contribution in [0.15, 0.2) is 59.6 Å². The molecule has 11 nitrogen and oxygen atoms in total. The van der Waals surface area contributed by atoms with E-state index in [1.165, 1.54) is 30.5 Å². The second-order valence-corrected chi connectivity index (χ2v) is 13.8. The standard InChI is InChI=1S/C31H28ClF3N6O5S/c1-47(45,46)22-15-18(33)14-21(16-22)40(29(44)25-6-7-26(42)41(25)30-37-13-10-20(17-36)39-30)27(23-4-2-3-5-24(23)32)28(43)38-19-8-11-31(34,35)12-9-19/h2-5,10,13-16,19,25,27H,6-9,11-12H2,1H3,(H,38,43)/t25?,27-/m0/s1. The van der Waals surface area contributed by atoms with Crippen molar-refractivity contribution in [1.82, 2.24) is 15.3 Å². The molecular formula is C31H28ClF3N6O5S. The first-order valence-electron chi connectivity index (χ1n) is 14.5. The Labute approximate surface area is 273 Å². The number of sulfone groups is 1. The van der Waals surface area contributed by atoms with Gasteiger partial charge in [0.2, 0.25) is 23.7 Å². The fourth-order valence-corrected chi connectivity index (χ4v) is 6.62. The summed E-state index contributed by atoms with van der Waals surface area (Å²) < 4.78 is 68.0. The average molecular weight is 689 g/mol. The van der Waals surface area contributed by atoms with E-state index in [4.69, 9.17) is 11.6 Å². The van der Waals surface area contributed by atoms with Crippen molar-refractivity contribution in [1.29, 1.82) is 5.26 Å². The van der Waals surface area contributed by atoms with Gasteiger partial charge in [-0.25, -0.2) is 31.6 Å². The van der Waals surface area contributed by atoms with Crippen LogP contribution in [0, 0.1) is 17.1 Å². The number of alkyl halides is 2. The first-order chi connectivity index (χ1) is 22.2. The molecule has 2 aromatic carbocycles. The smallest absolute Gasteiger partial charge is 0.251 e. The molecule has 2 fully saturated rings. The first-order valence-corrected chi connectivity index (χ1v) is 16.8. The Balaban J connectivity index is 1.67. The summed E-state index contributed by atoms with van der Waals surface area (Å²) in [6.07, 6.45) is 0.754. The number of amides is 3. The van der Waals surface area contributed by atoms with Crippen LogP contribution < -0.4 is 15.1 Å². The van der Waals surface area contributed by atoms with Crippen molar-refractivity contribution < 1.29 is 36.0 Å². The highest BCUT2D eigenvalue weighted by molar-refractivity contribution is 7.90. The van der Waals surface area contributed by atoms with E-state index in [9.17, 15) is 36.8 Å². The van der Waals surface area contributed by atoms with Gasteiger partial charge in [-0.15, -0.1) is 0 Å². The fourth-order valence-electron chi connectivity index (χ4n) is 5.72. The molecule has 1 aromatic heterocycles. The number of nitriles is 1. The molecule has 246 valence electrons. The maximum Gasteiger partial charge on any atom is 0.251 e. The lowest BCUT2D eigenvalue weighted by molar-refractivity contribution is -0.128. The first kappa shape index (κ1) is 33.8. The summed E-state index contributed by atoms with van der Waals surface area (Å²) in [7, 11) is -4.04. The summed E-state index contributed by atoms with van der Waals surface area (Å²) in [6, 6.07) is 7.98. The number of benzene rings is 2. The summed E-state index contributed by atoms with van der Waals surface area (Å²) in [5.41, 5.74) is -0.381. The van der Waals surface area contributed by atoms with Crippen LogP contribution in [0.1, 0.15) is 55.8 Å². The summed E-state index contributed by atoms with van der Waals surface area (Å²) in [5.74, 6) is -6.57.